The highest BCUT2D eigenvalue weighted by molar-refractivity contribution is 7.47. The summed E-state index contributed by atoms with van der Waals surface area (Å²) in [5.41, 5.74) is 1.03. The summed E-state index contributed by atoms with van der Waals surface area (Å²) in [4.78, 5) is 23.9. The largest absolute Gasteiger partial charge is 0.494 e. The first-order valence-corrected chi connectivity index (χ1v) is 17.9. The van der Waals surface area contributed by atoms with Gasteiger partial charge in [-0.1, -0.05) is 90.2 Å². The van der Waals surface area contributed by atoms with Gasteiger partial charge in [0.25, 0.3) is 0 Å². The summed E-state index contributed by atoms with van der Waals surface area (Å²) in [6.45, 7) is 6.09. The van der Waals surface area contributed by atoms with E-state index in [1.54, 1.807) is 0 Å². The number of rotatable bonds is 28. The van der Waals surface area contributed by atoms with Crippen LogP contribution in [0.15, 0.2) is 24.3 Å². The molecule has 0 aromatic heterocycles. The lowest BCUT2D eigenvalue weighted by Crippen LogP contribution is -3.05. The topological polar surface area (TPSA) is 86.5 Å². The minimum atomic E-state index is -4.16. The van der Waals surface area contributed by atoms with Crippen molar-refractivity contribution in [3.63, 3.8) is 0 Å². The molecule has 0 saturated carbocycles. The number of benzene rings is 1. The Labute approximate surface area is 251 Å². The summed E-state index contributed by atoms with van der Waals surface area (Å²) in [5.74, 6) is 0.757. The Kier molecular flexibility index (Phi) is 22.3. The van der Waals surface area contributed by atoms with Gasteiger partial charge in [0.05, 0.1) is 40.5 Å². The van der Waals surface area contributed by atoms with E-state index < -0.39 is 7.82 Å². The average Bonchev–Trinajstić information content (AvgIpc) is 2.92. The third-order valence-corrected chi connectivity index (χ3v) is 8.27. The summed E-state index contributed by atoms with van der Waals surface area (Å²) in [5, 5.41) is 0. The van der Waals surface area contributed by atoms with Crippen LogP contribution in [0.2, 0.25) is 0 Å². The molecule has 1 aromatic carbocycles. The highest BCUT2D eigenvalue weighted by atomic mass is 31.2. The van der Waals surface area contributed by atoms with Crippen LogP contribution in [0, 0.1) is 5.92 Å². The van der Waals surface area contributed by atoms with Crippen LogP contribution in [-0.2, 0) is 24.8 Å². The Balaban J connectivity index is 2.44. The maximum Gasteiger partial charge on any atom is 0.472 e. The number of ether oxygens (including phenoxy) is 1. The second-order valence-electron chi connectivity index (χ2n) is 11.9. The van der Waals surface area contributed by atoms with Crippen LogP contribution in [0.4, 0.5) is 0 Å². The van der Waals surface area contributed by atoms with Crippen molar-refractivity contribution in [3.05, 3.63) is 29.8 Å². The molecule has 0 amide bonds. The quantitative estimate of drug-likeness (QED) is 0.0775. The van der Waals surface area contributed by atoms with E-state index in [9.17, 15) is 14.3 Å². The molecule has 0 fully saturated rings. The minimum absolute atomic E-state index is 0.00506. The highest BCUT2D eigenvalue weighted by Gasteiger charge is 2.24. The summed E-state index contributed by atoms with van der Waals surface area (Å²) in [6, 6.07) is 7.95. The molecule has 0 saturated heterocycles. The molecule has 2 N–H and O–H groups in total. The molecule has 0 aliphatic rings. The second kappa shape index (κ2) is 24.2. The van der Waals surface area contributed by atoms with Crippen LogP contribution >= 0.6 is 7.82 Å². The fourth-order valence-corrected chi connectivity index (χ4v) is 5.78. The van der Waals surface area contributed by atoms with E-state index in [-0.39, 0.29) is 24.9 Å². The number of ketones is 1. The summed E-state index contributed by atoms with van der Waals surface area (Å²) >= 11 is 0. The Morgan fingerprint density at radius 3 is 2.12 bits per heavy atom. The molecule has 0 heterocycles. The Morgan fingerprint density at radius 1 is 0.854 bits per heavy atom. The number of carbonyl (C=O) groups excluding carboxylic acids is 1. The van der Waals surface area contributed by atoms with Gasteiger partial charge in [-0.3, -0.25) is 13.8 Å². The van der Waals surface area contributed by atoms with Crippen LogP contribution in [0.25, 0.3) is 0 Å². The van der Waals surface area contributed by atoms with Crippen molar-refractivity contribution in [2.45, 2.75) is 123 Å². The zero-order valence-electron chi connectivity index (χ0n) is 26.7. The van der Waals surface area contributed by atoms with E-state index in [1.807, 2.05) is 31.2 Å². The van der Waals surface area contributed by atoms with Crippen LogP contribution in [0.3, 0.4) is 0 Å². The molecule has 238 valence electrons. The van der Waals surface area contributed by atoms with Crippen LogP contribution < -0.4 is 9.64 Å². The van der Waals surface area contributed by atoms with E-state index >= 15 is 0 Å². The Hall–Kier alpha value is -1.24. The van der Waals surface area contributed by atoms with Crippen molar-refractivity contribution in [1.29, 1.82) is 0 Å². The molecule has 0 aliphatic carbocycles. The molecular formula is C33H61NO6P+. The first-order chi connectivity index (χ1) is 19.8. The lowest BCUT2D eigenvalue weighted by atomic mass is 9.94. The van der Waals surface area contributed by atoms with E-state index in [4.69, 9.17) is 13.8 Å². The molecule has 7 nitrogen and oxygen atoms in total. The van der Waals surface area contributed by atoms with Gasteiger partial charge in [-0.05, 0) is 55.7 Å². The molecule has 2 atom stereocenters. The molecule has 2 unspecified atom stereocenters. The monoisotopic (exact) mass is 598 g/mol. The number of phosphoric ester groups is 1. The third-order valence-electron chi connectivity index (χ3n) is 7.28. The van der Waals surface area contributed by atoms with Gasteiger partial charge in [-0.15, -0.1) is 0 Å². The summed E-state index contributed by atoms with van der Waals surface area (Å²) in [7, 11) is -0.0203. The van der Waals surface area contributed by atoms with E-state index in [2.05, 4.69) is 21.0 Å². The molecule has 0 radical (unpaired) electrons. The van der Waals surface area contributed by atoms with Gasteiger partial charge in [0, 0.05) is 12.8 Å². The second-order valence-corrected chi connectivity index (χ2v) is 13.3. The number of carbonyl (C=O) groups is 1. The standard InChI is InChI=1S/C33H60NO6P/c1-5-7-8-9-10-11-12-13-14-15-17-24-38-33-22-19-21-30(28-33)26-31(27-32(35)20-6-2)29-40-41(36,37)39-25-18-16-23-34(3)4/h19,21-22,28,31H,5-18,20,23-27,29H2,1-4H3,(H,36,37)/p+1. The van der Waals surface area contributed by atoms with Gasteiger partial charge in [0.1, 0.15) is 11.5 Å². The van der Waals surface area contributed by atoms with Gasteiger partial charge in [-0.25, -0.2) is 4.57 Å². The lowest BCUT2D eigenvalue weighted by Gasteiger charge is -2.19. The fourth-order valence-electron chi connectivity index (χ4n) is 4.94. The maximum absolute atomic E-state index is 12.4. The van der Waals surface area contributed by atoms with Crippen LogP contribution in [0.1, 0.15) is 122 Å². The number of quaternary nitrogens is 1. The van der Waals surface area contributed by atoms with E-state index in [1.165, 1.54) is 69.1 Å². The van der Waals surface area contributed by atoms with Crippen molar-refractivity contribution >= 4 is 13.6 Å². The van der Waals surface area contributed by atoms with Gasteiger partial charge in [-0.2, -0.15) is 0 Å². The number of hydrogen-bond donors (Lipinski definition) is 2. The number of unbranched alkanes of at least 4 members (excludes halogenated alkanes) is 11. The zero-order chi connectivity index (χ0) is 30.2. The Bertz CT molecular complexity index is 834. The van der Waals surface area contributed by atoms with Crippen LogP contribution in [-0.4, -0.2) is 51.1 Å². The normalized spacial score (nSPS) is 13.8. The molecule has 1 aromatic rings. The lowest BCUT2D eigenvalue weighted by molar-refractivity contribution is -0.858. The van der Waals surface area contributed by atoms with Crippen LogP contribution in [0.5, 0.6) is 5.75 Å². The SMILES string of the molecule is CCCCCCCCCCCCCOc1cccc(CC(COP(=O)(O)OCCCC[NH+](C)C)CC(=O)CCC)c1. The van der Waals surface area contributed by atoms with Crippen molar-refractivity contribution in [2.75, 3.05) is 40.5 Å². The average molecular weight is 599 g/mol. The van der Waals surface area contributed by atoms with Gasteiger partial charge < -0.3 is 14.5 Å². The summed E-state index contributed by atoms with van der Waals surface area (Å²) in [6.07, 6.45) is 18.1. The minimum Gasteiger partial charge on any atom is -0.494 e. The maximum atomic E-state index is 12.4. The predicted molar refractivity (Wildman–Crippen MR) is 169 cm³/mol. The molecule has 0 bridgehead atoms. The van der Waals surface area contributed by atoms with Crippen molar-refractivity contribution in [3.8, 4) is 5.75 Å². The number of nitrogens with one attached hydrogen (secondary N) is 1. The molecule has 41 heavy (non-hydrogen) atoms. The number of phosphoric acid groups is 1. The smallest absolute Gasteiger partial charge is 0.472 e. The highest BCUT2D eigenvalue weighted by Crippen LogP contribution is 2.44. The molecule has 8 heteroatoms. The number of Topliss-reactive ketones (excluding diaryl/α,β-unsaturated/α-hetero) is 1. The van der Waals surface area contributed by atoms with Crippen molar-refractivity contribution < 1.29 is 32.9 Å². The predicted octanol–water partition coefficient (Wildman–Crippen LogP) is 7.35. The fraction of sp³-hybridized carbons (Fsp3) is 0.788. The van der Waals surface area contributed by atoms with Gasteiger partial charge in [0.15, 0.2) is 0 Å². The third kappa shape index (κ3) is 22.0. The molecule has 1 rings (SSSR count). The van der Waals surface area contributed by atoms with Crippen molar-refractivity contribution in [1.82, 2.24) is 0 Å². The van der Waals surface area contributed by atoms with E-state index in [0.29, 0.717) is 32.3 Å². The van der Waals surface area contributed by atoms with Gasteiger partial charge in [0.2, 0.25) is 0 Å². The van der Waals surface area contributed by atoms with Crippen molar-refractivity contribution in [2.24, 2.45) is 5.92 Å². The number of hydrogen-bond acceptors (Lipinski definition) is 5. The molecule has 0 spiro atoms. The molecular weight excluding hydrogens is 537 g/mol. The zero-order valence-corrected chi connectivity index (χ0v) is 27.6. The summed E-state index contributed by atoms with van der Waals surface area (Å²) < 4.78 is 29.0. The molecule has 0 aliphatic heterocycles. The Morgan fingerprint density at radius 2 is 1.49 bits per heavy atom. The van der Waals surface area contributed by atoms with E-state index in [0.717, 1.165) is 37.1 Å². The first-order valence-electron chi connectivity index (χ1n) is 16.4. The van der Waals surface area contributed by atoms with Gasteiger partial charge >= 0.3 is 7.82 Å². The first kappa shape index (κ1) is 37.8.